The van der Waals surface area contributed by atoms with Crippen LogP contribution in [-0.2, 0) is 14.8 Å². The van der Waals surface area contributed by atoms with Crippen molar-refractivity contribution in [1.82, 2.24) is 5.43 Å². The molecule has 0 aliphatic carbocycles. The highest BCUT2D eigenvalue weighted by molar-refractivity contribution is 7.92. The predicted octanol–water partition coefficient (Wildman–Crippen LogP) is 2.23. The fourth-order valence-corrected chi connectivity index (χ4v) is 3.20. The number of aryl methyl sites for hydroxylation is 2. The van der Waals surface area contributed by atoms with Gasteiger partial charge in [-0.3, -0.25) is 9.10 Å². The van der Waals surface area contributed by atoms with Crippen LogP contribution in [0, 0.1) is 13.8 Å². The molecular weight excluding hydrogens is 366 g/mol. The van der Waals surface area contributed by atoms with Gasteiger partial charge < -0.3 is 4.74 Å². The number of nitrogens with one attached hydrogen (secondary N) is 1. The van der Waals surface area contributed by atoms with Gasteiger partial charge in [-0.1, -0.05) is 18.2 Å². The Bertz CT molecular complexity index is 955. The van der Waals surface area contributed by atoms with Crippen molar-refractivity contribution in [1.29, 1.82) is 0 Å². The molecule has 0 aliphatic heterocycles. The van der Waals surface area contributed by atoms with E-state index in [0.717, 1.165) is 27.3 Å². The Balaban J connectivity index is 2.10. The van der Waals surface area contributed by atoms with Crippen LogP contribution in [0.4, 0.5) is 5.69 Å². The van der Waals surface area contributed by atoms with Gasteiger partial charge in [0, 0.05) is 0 Å². The van der Waals surface area contributed by atoms with Crippen molar-refractivity contribution in [3.05, 3.63) is 59.2 Å². The Morgan fingerprint density at radius 2 is 1.93 bits per heavy atom. The molecule has 0 saturated heterocycles. The summed E-state index contributed by atoms with van der Waals surface area (Å²) in [6.07, 6.45) is 2.52. The van der Waals surface area contributed by atoms with E-state index in [1.165, 1.54) is 6.21 Å². The van der Waals surface area contributed by atoms with Crippen molar-refractivity contribution in [2.45, 2.75) is 13.8 Å². The van der Waals surface area contributed by atoms with E-state index in [1.54, 1.807) is 43.5 Å². The first-order valence-corrected chi connectivity index (χ1v) is 10.1. The molecule has 0 saturated carbocycles. The summed E-state index contributed by atoms with van der Waals surface area (Å²) < 4.78 is 30.4. The van der Waals surface area contributed by atoms with E-state index in [1.807, 2.05) is 19.9 Å². The Morgan fingerprint density at radius 1 is 1.19 bits per heavy atom. The molecule has 0 bridgehead atoms. The lowest BCUT2D eigenvalue weighted by molar-refractivity contribution is -0.119. The number of carbonyl (C=O) groups excluding carboxylic acids is 1. The number of sulfonamides is 1. The summed E-state index contributed by atoms with van der Waals surface area (Å²) in [6, 6.07) is 12.4. The van der Waals surface area contributed by atoms with Crippen LogP contribution in [0.5, 0.6) is 5.75 Å². The maximum absolute atomic E-state index is 12.2. The van der Waals surface area contributed by atoms with Gasteiger partial charge in [0.1, 0.15) is 12.3 Å². The zero-order valence-corrected chi connectivity index (χ0v) is 16.6. The average Bonchev–Trinajstić information content (AvgIpc) is 2.61. The number of nitrogens with zero attached hydrogens (tertiary/aromatic N) is 2. The van der Waals surface area contributed by atoms with Crippen LogP contribution >= 0.6 is 0 Å². The maximum Gasteiger partial charge on any atom is 0.260 e. The molecule has 2 rings (SSSR count). The highest BCUT2D eigenvalue weighted by Crippen LogP contribution is 2.21. The van der Waals surface area contributed by atoms with E-state index >= 15 is 0 Å². The standard InChI is InChI=1S/C19H23N3O4S/c1-14-8-9-17(10-15(14)2)22(27(4,24)25)13-19(23)21-20-12-16-6-5-7-18(11-16)26-3/h5-12H,13H2,1-4H3,(H,21,23)/b20-12+. The van der Waals surface area contributed by atoms with E-state index in [4.69, 9.17) is 4.74 Å². The fraction of sp³-hybridized carbons (Fsp3) is 0.263. The number of amides is 1. The summed E-state index contributed by atoms with van der Waals surface area (Å²) in [5.74, 6) is 0.126. The molecule has 2 aromatic carbocycles. The molecule has 0 fully saturated rings. The van der Waals surface area contributed by atoms with Crippen molar-refractivity contribution in [3.8, 4) is 5.75 Å². The molecule has 0 spiro atoms. The van der Waals surface area contributed by atoms with Gasteiger partial charge in [-0.25, -0.2) is 13.8 Å². The first-order chi connectivity index (χ1) is 12.7. The molecule has 8 heteroatoms. The third-order valence-electron chi connectivity index (χ3n) is 3.96. The molecule has 0 aliphatic rings. The van der Waals surface area contributed by atoms with E-state index in [2.05, 4.69) is 10.5 Å². The number of rotatable bonds is 7. The molecule has 0 unspecified atom stereocenters. The van der Waals surface area contributed by atoms with E-state index < -0.39 is 15.9 Å². The second-order valence-electron chi connectivity index (χ2n) is 6.11. The summed E-state index contributed by atoms with van der Waals surface area (Å²) >= 11 is 0. The lowest BCUT2D eigenvalue weighted by Gasteiger charge is -2.22. The normalized spacial score (nSPS) is 11.4. The molecular formula is C19H23N3O4S. The minimum atomic E-state index is -3.62. The lowest BCUT2D eigenvalue weighted by Crippen LogP contribution is -2.39. The quantitative estimate of drug-likeness (QED) is 0.581. The van der Waals surface area contributed by atoms with Gasteiger partial charge in [-0.2, -0.15) is 5.10 Å². The maximum atomic E-state index is 12.2. The van der Waals surface area contributed by atoms with Crippen molar-refractivity contribution in [2.75, 3.05) is 24.2 Å². The van der Waals surface area contributed by atoms with Crippen LogP contribution in [0.2, 0.25) is 0 Å². The molecule has 0 aromatic heterocycles. The highest BCUT2D eigenvalue weighted by Gasteiger charge is 2.21. The molecule has 27 heavy (non-hydrogen) atoms. The first kappa shape index (κ1) is 20.4. The van der Waals surface area contributed by atoms with Crippen molar-refractivity contribution in [2.24, 2.45) is 5.10 Å². The Kier molecular flexibility index (Phi) is 6.57. The second-order valence-corrected chi connectivity index (χ2v) is 8.01. The van der Waals surface area contributed by atoms with Crippen molar-refractivity contribution in [3.63, 3.8) is 0 Å². The topological polar surface area (TPSA) is 88.1 Å². The van der Waals surface area contributed by atoms with Gasteiger partial charge >= 0.3 is 0 Å². The van der Waals surface area contributed by atoms with Gasteiger partial charge in [0.25, 0.3) is 5.91 Å². The third-order valence-corrected chi connectivity index (χ3v) is 5.10. The van der Waals surface area contributed by atoms with E-state index in [9.17, 15) is 13.2 Å². The average molecular weight is 389 g/mol. The Labute approximate surface area is 159 Å². The highest BCUT2D eigenvalue weighted by atomic mass is 32.2. The molecule has 1 amide bonds. The lowest BCUT2D eigenvalue weighted by atomic mass is 10.1. The third kappa shape index (κ3) is 5.82. The number of methoxy groups -OCH3 is 1. The summed E-state index contributed by atoms with van der Waals surface area (Å²) in [5, 5.41) is 3.88. The first-order valence-electron chi connectivity index (χ1n) is 8.21. The van der Waals surface area contributed by atoms with Crippen molar-refractivity contribution < 1.29 is 17.9 Å². The smallest absolute Gasteiger partial charge is 0.260 e. The van der Waals surface area contributed by atoms with Gasteiger partial charge in [0.15, 0.2) is 0 Å². The zero-order chi connectivity index (χ0) is 20.0. The fourth-order valence-electron chi connectivity index (χ4n) is 2.35. The molecule has 0 radical (unpaired) electrons. The molecule has 0 heterocycles. The molecule has 1 N–H and O–H groups in total. The van der Waals surface area contributed by atoms with Crippen LogP contribution in [-0.4, -0.2) is 40.4 Å². The number of ether oxygens (including phenoxy) is 1. The number of hydrazone groups is 1. The number of anilines is 1. The van der Waals surface area contributed by atoms with Gasteiger partial charge in [-0.15, -0.1) is 0 Å². The Morgan fingerprint density at radius 3 is 2.56 bits per heavy atom. The predicted molar refractivity (Wildman–Crippen MR) is 107 cm³/mol. The zero-order valence-electron chi connectivity index (χ0n) is 15.8. The Hall–Kier alpha value is -2.87. The summed E-state index contributed by atoms with van der Waals surface area (Å²) in [4.78, 5) is 12.2. The molecule has 144 valence electrons. The number of benzene rings is 2. The number of carbonyl (C=O) groups is 1. The minimum absolute atomic E-state index is 0.364. The van der Waals surface area contributed by atoms with Gasteiger partial charge in [0.2, 0.25) is 10.0 Å². The van der Waals surface area contributed by atoms with Crippen LogP contribution in [0.15, 0.2) is 47.6 Å². The number of hydrogen-bond donors (Lipinski definition) is 1. The molecule has 0 atom stereocenters. The van der Waals surface area contributed by atoms with Crippen LogP contribution in [0.25, 0.3) is 0 Å². The minimum Gasteiger partial charge on any atom is -0.497 e. The van der Waals surface area contributed by atoms with Crippen LogP contribution < -0.4 is 14.5 Å². The largest absolute Gasteiger partial charge is 0.497 e. The van der Waals surface area contributed by atoms with Gasteiger partial charge in [0.05, 0.1) is 25.3 Å². The summed E-state index contributed by atoms with van der Waals surface area (Å²) in [6.45, 7) is 3.46. The number of hydrogen-bond acceptors (Lipinski definition) is 5. The van der Waals surface area contributed by atoms with Crippen molar-refractivity contribution >= 4 is 27.8 Å². The van der Waals surface area contributed by atoms with E-state index in [0.29, 0.717) is 11.4 Å². The van der Waals surface area contributed by atoms with Crippen LogP contribution in [0.1, 0.15) is 16.7 Å². The molecule has 7 nitrogen and oxygen atoms in total. The second kappa shape index (κ2) is 8.68. The summed E-state index contributed by atoms with van der Waals surface area (Å²) in [5.41, 5.74) is 5.51. The van der Waals surface area contributed by atoms with Crippen LogP contribution in [0.3, 0.4) is 0 Å². The monoisotopic (exact) mass is 389 g/mol. The summed E-state index contributed by atoms with van der Waals surface area (Å²) in [7, 11) is -2.06. The molecule has 2 aromatic rings. The SMILES string of the molecule is COc1cccc(/C=N/NC(=O)CN(c2ccc(C)c(C)c2)S(C)(=O)=O)c1. The van der Waals surface area contributed by atoms with E-state index in [-0.39, 0.29) is 6.54 Å². The van der Waals surface area contributed by atoms with Gasteiger partial charge in [-0.05, 0) is 54.8 Å².